The molecule has 0 aliphatic heterocycles. The topological polar surface area (TPSA) is 68.1 Å². The van der Waals surface area contributed by atoms with E-state index in [2.05, 4.69) is 9.72 Å². The van der Waals surface area contributed by atoms with Gasteiger partial charge in [-0.2, -0.15) is 0 Å². The number of esters is 1. The highest BCUT2D eigenvalue weighted by atomic mass is 35.5. The predicted molar refractivity (Wildman–Crippen MR) is 74.2 cm³/mol. The molecule has 1 aromatic heterocycles. The number of aromatic nitrogens is 1. The number of hydrogen-bond acceptors (Lipinski definition) is 3. The van der Waals surface area contributed by atoms with Crippen molar-refractivity contribution < 1.29 is 9.53 Å². The Labute approximate surface area is 112 Å². The Morgan fingerprint density at radius 2 is 2.17 bits per heavy atom. The summed E-state index contributed by atoms with van der Waals surface area (Å²) in [6.07, 6.45) is 0.828. The van der Waals surface area contributed by atoms with E-state index in [0.717, 1.165) is 17.3 Å². The number of nitrogens with two attached hydrogens (primary N) is 1. The van der Waals surface area contributed by atoms with Crippen molar-refractivity contribution in [2.75, 3.05) is 7.11 Å². The number of methoxy groups -OCH3 is 1. The molecular formula is C13H17ClN2O2. The molecule has 5 heteroatoms. The molecule has 0 fully saturated rings. The molecule has 0 saturated heterocycles. The third-order valence-electron chi connectivity index (χ3n) is 2.65. The van der Waals surface area contributed by atoms with Crippen molar-refractivity contribution in [2.24, 2.45) is 5.73 Å². The molecule has 1 heterocycles. The standard InChI is InChI=1S/C13H16N2O2.ClH/c1-8(14)5-9-3-4-11-10(6-9)7-12(15-11)13(16)17-2;/h3-4,6-8,15H,5,14H2,1-2H3;1H/t8-;/m1./s1. The van der Waals surface area contributed by atoms with Crippen molar-refractivity contribution in [3.63, 3.8) is 0 Å². The molecule has 18 heavy (non-hydrogen) atoms. The van der Waals surface area contributed by atoms with Gasteiger partial charge < -0.3 is 15.5 Å². The Balaban J connectivity index is 0.00000162. The van der Waals surface area contributed by atoms with Crippen LogP contribution in [0.5, 0.6) is 0 Å². The largest absolute Gasteiger partial charge is 0.464 e. The van der Waals surface area contributed by atoms with E-state index < -0.39 is 0 Å². The lowest BCUT2D eigenvalue weighted by Crippen LogP contribution is -2.17. The van der Waals surface area contributed by atoms with Crippen molar-refractivity contribution >= 4 is 29.3 Å². The SMILES string of the molecule is COC(=O)c1cc2cc(C[C@@H](C)N)ccc2[nH]1.Cl. The van der Waals surface area contributed by atoms with Crippen LogP contribution in [0.25, 0.3) is 10.9 Å². The number of carbonyl (C=O) groups is 1. The van der Waals surface area contributed by atoms with Crippen LogP contribution in [0.4, 0.5) is 0 Å². The molecular weight excluding hydrogens is 252 g/mol. The highest BCUT2D eigenvalue weighted by Gasteiger charge is 2.09. The Morgan fingerprint density at radius 1 is 1.44 bits per heavy atom. The van der Waals surface area contributed by atoms with E-state index in [1.807, 2.05) is 25.1 Å². The summed E-state index contributed by atoms with van der Waals surface area (Å²) in [5, 5.41) is 1.00. The van der Waals surface area contributed by atoms with Crippen LogP contribution >= 0.6 is 12.4 Å². The monoisotopic (exact) mass is 268 g/mol. The molecule has 0 bridgehead atoms. The van der Waals surface area contributed by atoms with Crippen molar-refractivity contribution in [2.45, 2.75) is 19.4 Å². The second-order valence-corrected chi connectivity index (χ2v) is 4.28. The van der Waals surface area contributed by atoms with Gasteiger partial charge in [-0.15, -0.1) is 12.4 Å². The highest BCUT2D eigenvalue weighted by Crippen LogP contribution is 2.18. The van der Waals surface area contributed by atoms with E-state index in [1.54, 1.807) is 6.07 Å². The average molecular weight is 269 g/mol. The third kappa shape index (κ3) is 3.03. The number of halogens is 1. The van der Waals surface area contributed by atoms with Crippen LogP contribution in [0, 0.1) is 0 Å². The Morgan fingerprint density at radius 3 is 2.78 bits per heavy atom. The predicted octanol–water partition coefficient (Wildman–Crippen LogP) is 2.27. The fourth-order valence-corrected chi connectivity index (χ4v) is 1.90. The van der Waals surface area contributed by atoms with Gasteiger partial charge in [0.15, 0.2) is 0 Å². The zero-order valence-electron chi connectivity index (χ0n) is 10.4. The first-order valence-electron chi connectivity index (χ1n) is 5.55. The van der Waals surface area contributed by atoms with Crippen LogP contribution in [0.1, 0.15) is 23.0 Å². The molecule has 0 spiro atoms. The second-order valence-electron chi connectivity index (χ2n) is 4.28. The quantitative estimate of drug-likeness (QED) is 0.839. The molecule has 1 aromatic carbocycles. The molecule has 0 aliphatic rings. The normalized spacial score (nSPS) is 11.9. The number of H-pyrrole nitrogens is 1. The van der Waals surface area contributed by atoms with Crippen molar-refractivity contribution in [3.05, 3.63) is 35.5 Å². The first-order valence-corrected chi connectivity index (χ1v) is 5.55. The zero-order chi connectivity index (χ0) is 12.4. The van der Waals surface area contributed by atoms with Gasteiger partial charge in [-0.05, 0) is 37.1 Å². The van der Waals surface area contributed by atoms with Crippen molar-refractivity contribution in [1.82, 2.24) is 4.98 Å². The Bertz CT molecular complexity index is 549. The van der Waals surface area contributed by atoms with E-state index >= 15 is 0 Å². The molecule has 3 N–H and O–H groups in total. The molecule has 0 radical (unpaired) electrons. The minimum Gasteiger partial charge on any atom is -0.464 e. The van der Waals surface area contributed by atoms with Crippen LogP contribution in [0.2, 0.25) is 0 Å². The summed E-state index contributed by atoms with van der Waals surface area (Å²) in [4.78, 5) is 14.4. The number of aromatic amines is 1. The first kappa shape index (κ1) is 14.5. The summed E-state index contributed by atoms with van der Waals surface area (Å²) >= 11 is 0. The maximum Gasteiger partial charge on any atom is 0.354 e. The summed E-state index contributed by atoms with van der Waals surface area (Å²) in [6, 6.07) is 7.95. The van der Waals surface area contributed by atoms with Crippen molar-refractivity contribution in [3.8, 4) is 0 Å². The molecule has 1 atom stereocenters. The minimum atomic E-state index is -0.352. The third-order valence-corrected chi connectivity index (χ3v) is 2.65. The number of nitrogens with one attached hydrogen (secondary N) is 1. The number of rotatable bonds is 3. The highest BCUT2D eigenvalue weighted by molar-refractivity contribution is 5.94. The number of benzene rings is 1. The van der Waals surface area contributed by atoms with Crippen LogP contribution in [0.15, 0.2) is 24.3 Å². The molecule has 0 saturated carbocycles. The maximum absolute atomic E-state index is 11.4. The Kier molecular flexibility index (Phi) is 4.76. The molecule has 2 rings (SSSR count). The zero-order valence-corrected chi connectivity index (χ0v) is 11.2. The number of ether oxygens (including phenoxy) is 1. The van der Waals surface area contributed by atoms with E-state index in [4.69, 9.17) is 5.73 Å². The smallest absolute Gasteiger partial charge is 0.354 e. The first-order chi connectivity index (χ1) is 8.10. The van der Waals surface area contributed by atoms with Gasteiger partial charge in [0.05, 0.1) is 7.11 Å². The summed E-state index contributed by atoms with van der Waals surface area (Å²) < 4.78 is 4.67. The molecule has 98 valence electrons. The fourth-order valence-electron chi connectivity index (χ4n) is 1.90. The summed E-state index contributed by atoms with van der Waals surface area (Å²) in [5.41, 5.74) is 8.33. The van der Waals surface area contributed by atoms with Gasteiger partial charge in [0.1, 0.15) is 5.69 Å². The van der Waals surface area contributed by atoms with Gasteiger partial charge in [0, 0.05) is 16.9 Å². The van der Waals surface area contributed by atoms with Gasteiger partial charge in [0.2, 0.25) is 0 Å². The lowest BCUT2D eigenvalue weighted by Gasteiger charge is -2.04. The van der Waals surface area contributed by atoms with Gasteiger partial charge >= 0.3 is 5.97 Å². The summed E-state index contributed by atoms with van der Waals surface area (Å²) in [6.45, 7) is 1.97. The van der Waals surface area contributed by atoms with Gasteiger partial charge in [-0.25, -0.2) is 4.79 Å². The molecule has 4 nitrogen and oxygen atoms in total. The van der Waals surface area contributed by atoms with Crippen LogP contribution in [0.3, 0.4) is 0 Å². The van der Waals surface area contributed by atoms with E-state index in [-0.39, 0.29) is 24.4 Å². The van der Waals surface area contributed by atoms with E-state index in [1.165, 1.54) is 12.7 Å². The number of carbonyl (C=O) groups excluding carboxylic acids is 1. The fraction of sp³-hybridized carbons (Fsp3) is 0.308. The summed E-state index contributed by atoms with van der Waals surface area (Å²) in [5.74, 6) is -0.352. The summed E-state index contributed by atoms with van der Waals surface area (Å²) in [7, 11) is 1.37. The lowest BCUT2D eigenvalue weighted by atomic mass is 10.1. The molecule has 0 aliphatic carbocycles. The van der Waals surface area contributed by atoms with Gasteiger partial charge in [-0.1, -0.05) is 6.07 Å². The lowest BCUT2D eigenvalue weighted by molar-refractivity contribution is 0.0595. The maximum atomic E-state index is 11.4. The van der Waals surface area contributed by atoms with Crippen LogP contribution in [-0.4, -0.2) is 24.1 Å². The van der Waals surface area contributed by atoms with Crippen LogP contribution < -0.4 is 5.73 Å². The molecule has 2 aromatic rings. The number of fused-ring (bicyclic) bond motifs is 1. The Hall–Kier alpha value is -1.52. The van der Waals surface area contributed by atoms with Gasteiger partial charge in [0.25, 0.3) is 0 Å². The molecule has 0 amide bonds. The minimum absolute atomic E-state index is 0. The van der Waals surface area contributed by atoms with E-state index in [9.17, 15) is 4.79 Å². The van der Waals surface area contributed by atoms with Crippen molar-refractivity contribution in [1.29, 1.82) is 0 Å². The van der Waals surface area contributed by atoms with Gasteiger partial charge in [-0.3, -0.25) is 0 Å². The average Bonchev–Trinajstić information content (AvgIpc) is 2.70. The second kappa shape index (κ2) is 5.89. The number of hydrogen-bond donors (Lipinski definition) is 2. The van der Waals surface area contributed by atoms with Crippen LogP contribution in [-0.2, 0) is 11.2 Å². The molecule has 0 unspecified atom stereocenters. The van der Waals surface area contributed by atoms with E-state index in [0.29, 0.717) is 5.69 Å².